The molecule has 0 spiro atoms. The van der Waals surface area contributed by atoms with E-state index in [-0.39, 0.29) is 0 Å². The molecule has 210 valence electrons. The molecule has 0 aromatic heterocycles. The SMILES string of the molecule is COCc1c(C)c(C)c(-c2ccc3c4c(cccc24)-c2ccccc2-3)c(C)c1-c1ccc2c3c(cccc13)-c1ccccc1-2. The minimum Gasteiger partial charge on any atom is -0.380 e. The maximum absolute atomic E-state index is 5.89. The highest BCUT2D eigenvalue weighted by atomic mass is 16.5. The van der Waals surface area contributed by atoms with E-state index in [0.717, 1.165) is 0 Å². The Kier molecular flexibility index (Phi) is 5.37. The zero-order chi connectivity index (χ0) is 29.7. The predicted octanol–water partition coefficient (Wildman–Crippen LogP) is 11.7. The fourth-order valence-electron chi connectivity index (χ4n) is 8.38. The number of benzene rings is 7. The minimum absolute atomic E-state index is 0.575. The van der Waals surface area contributed by atoms with E-state index in [1.807, 2.05) is 7.11 Å². The molecule has 1 heteroatoms. The second-order valence-electron chi connectivity index (χ2n) is 12.4. The van der Waals surface area contributed by atoms with Gasteiger partial charge < -0.3 is 4.74 Å². The van der Waals surface area contributed by atoms with Gasteiger partial charge in [-0.1, -0.05) is 109 Å². The molecule has 0 heterocycles. The van der Waals surface area contributed by atoms with E-state index >= 15 is 0 Å². The van der Waals surface area contributed by atoms with E-state index in [1.165, 1.54) is 111 Å². The molecule has 44 heavy (non-hydrogen) atoms. The monoisotopic (exact) mass is 564 g/mol. The smallest absolute Gasteiger partial charge is 0.0721 e. The number of methoxy groups -OCH3 is 1. The van der Waals surface area contributed by atoms with Gasteiger partial charge in [0, 0.05) is 7.11 Å². The van der Waals surface area contributed by atoms with Gasteiger partial charge in [-0.15, -0.1) is 0 Å². The van der Waals surface area contributed by atoms with E-state index in [4.69, 9.17) is 4.74 Å². The van der Waals surface area contributed by atoms with Gasteiger partial charge in [0.05, 0.1) is 6.61 Å². The first-order valence-electron chi connectivity index (χ1n) is 15.5. The molecule has 0 saturated carbocycles. The van der Waals surface area contributed by atoms with Gasteiger partial charge >= 0.3 is 0 Å². The Hall–Kier alpha value is -4.98. The third-order valence-electron chi connectivity index (χ3n) is 10.4. The molecule has 9 rings (SSSR count). The first kappa shape index (κ1) is 25.5. The van der Waals surface area contributed by atoms with Gasteiger partial charge in [0.25, 0.3) is 0 Å². The normalized spacial score (nSPS) is 12.3. The van der Waals surface area contributed by atoms with Crippen molar-refractivity contribution in [2.24, 2.45) is 0 Å². The third-order valence-corrected chi connectivity index (χ3v) is 10.4. The summed E-state index contributed by atoms with van der Waals surface area (Å²) in [6.07, 6.45) is 0. The Labute approximate surface area is 258 Å². The van der Waals surface area contributed by atoms with Crippen LogP contribution in [0.2, 0.25) is 0 Å². The summed E-state index contributed by atoms with van der Waals surface area (Å²) in [4.78, 5) is 0. The van der Waals surface area contributed by atoms with E-state index in [2.05, 4.69) is 130 Å². The quantitative estimate of drug-likeness (QED) is 0.207. The molecule has 7 aromatic carbocycles. The van der Waals surface area contributed by atoms with Crippen LogP contribution in [0.5, 0.6) is 0 Å². The van der Waals surface area contributed by atoms with Crippen molar-refractivity contribution in [2.75, 3.05) is 7.11 Å². The maximum Gasteiger partial charge on any atom is 0.0721 e. The zero-order valence-electron chi connectivity index (χ0n) is 25.5. The average molecular weight is 565 g/mol. The van der Waals surface area contributed by atoms with E-state index in [1.54, 1.807) is 0 Å². The van der Waals surface area contributed by atoms with Crippen molar-refractivity contribution in [1.82, 2.24) is 0 Å². The van der Waals surface area contributed by atoms with Crippen molar-refractivity contribution in [2.45, 2.75) is 27.4 Å². The number of hydrogen-bond donors (Lipinski definition) is 0. The van der Waals surface area contributed by atoms with Crippen LogP contribution in [0.1, 0.15) is 22.3 Å². The van der Waals surface area contributed by atoms with Gasteiger partial charge in [0.15, 0.2) is 0 Å². The van der Waals surface area contributed by atoms with E-state index < -0.39 is 0 Å². The van der Waals surface area contributed by atoms with Crippen LogP contribution in [0.15, 0.2) is 109 Å². The molecule has 0 amide bonds. The number of fused-ring (bicyclic) bond motifs is 6. The lowest BCUT2D eigenvalue weighted by Crippen LogP contribution is -2.05. The van der Waals surface area contributed by atoms with Crippen LogP contribution in [0.3, 0.4) is 0 Å². The Morgan fingerprint density at radius 2 is 0.795 bits per heavy atom. The molecule has 0 aliphatic heterocycles. The van der Waals surface area contributed by atoms with Crippen LogP contribution in [0.25, 0.3) is 88.3 Å². The summed E-state index contributed by atoms with van der Waals surface area (Å²) in [5, 5.41) is 5.36. The largest absolute Gasteiger partial charge is 0.380 e. The van der Waals surface area contributed by atoms with Crippen LogP contribution < -0.4 is 0 Å². The van der Waals surface area contributed by atoms with Gasteiger partial charge in [0.1, 0.15) is 0 Å². The summed E-state index contributed by atoms with van der Waals surface area (Å²) in [5.41, 5.74) is 21.1. The summed E-state index contributed by atoms with van der Waals surface area (Å²) in [7, 11) is 1.81. The molecule has 0 atom stereocenters. The molecule has 7 aromatic rings. The van der Waals surface area contributed by atoms with E-state index in [9.17, 15) is 0 Å². The Morgan fingerprint density at radius 3 is 1.27 bits per heavy atom. The number of hydrogen-bond acceptors (Lipinski definition) is 1. The van der Waals surface area contributed by atoms with Gasteiger partial charge in [-0.05, 0) is 131 Å². The second-order valence-corrected chi connectivity index (χ2v) is 12.4. The number of rotatable bonds is 4. The van der Waals surface area contributed by atoms with Crippen LogP contribution in [-0.4, -0.2) is 7.11 Å². The topological polar surface area (TPSA) is 9.23 Å². The molecule has 0 unspecified atom stereocenters. The van der Waals surface area contributed by atoms with Gasteiger partial charge in [-0.2, -0.15) is 0 Å². The molecule has 0 saturated heterocycles. The summed E-state index contributed by atoms with van der Waals surface area (Å²) in [6, 6.07) is 40.7. The van der Waals surface area contributed by atoms with E-state index in [0.29, 0.717) is 6.61 Å². The second kappa shape index (κ2) is 9.26. The molecule has 0 fully saturated rings. The minimum atomic E-state index is 0.575. The molecular weight excluding hydrogens is 532 g/mol. The van der Waals surface area contributed by atoms with Crippen LogP contribution in [0, 0.1) is 20.8 Å². The molecule has 1 nitrogen and oxygen atoms in total. The zero-order valence-corrected chi connectivity index (χ0v) is 25.5. The van der Waals surface area contributed by atoms with Crippen LogP contribution >= 0.6 is 0 Å². The van der Waals surface area contributed by atoms with Crippen molar-refractivity contribution in [3.05, 3.63) is 131 Å². The maximum atomic E-state index is 5.89. The third kappa shape index (κ3) is 3.23. The van der Waals surface area contributed by atoms with Crippen molar-refractivity contribution >= 4 is 21.5 Å². The van der Waals surface area contributed by atoms with Crippen molar-refractivity contribution in [1.29, 1.82) is 0 Å². The molecule has 0 bridgehead atoms. The van der Waals surface area contributed by atoms with Crippen molar-refractivity contribution in [3.63, 3.8) is 0 Å². The Balaban J connectivity index is 1.36. The predicted molar refractivity (Wildman–Crippen MR) is 186 cm³/mol. The first-order chi connectivity index (χ1) is 21.6. The molecule has 2 aliphatic carbocycles. The highest BCUT2D eigenvalue weighted by Gasteiger charge is 2.28. The van der Waals surface area contributed by atoms with Gasteiger partial charge in [0.2, 0.25) is 0 Å². The summed E-state index contributed by atoms with van der Waals surface area (Å²) < 4.78 is 5.89. The lowest BCUT2D eigenvalue weighted by molar-refractivity contribution is 0.184. The average Bonchev–Trinajstić information content (AvgIpc) is 3.57. The number of ether oxygens (including phenoxy) is 1. The fourth-order valence-corrected chi connectivity index (χ4v) is 8.38. The summed E-state index contributed by atoms with van der Waals surface area (Å²) >= 11 is 0. The van der Waals surface area contributed by atoms with Crippen molar-refractivity contribution < 1.29 is 4.74 Å². The van der Waals surface area contributed by atoms with Gasteiger partial charge in [-0.3, -0.25) is 0 Å². The summed E-state index contributed by atoms with van der Waals surface area (Å²) in [5.74, 6) is 0. The van der Waals surface area contributed by atoms with Crippen LogP contribution in [0.4, 0.5) is 0 Å². The highest BCUT2D eigenvalue weighted by Crippen LogP contribution is 2.53. The lowest BCUT2D eigenvalue weighted by Gasteiger charge is -2.25. The first-order valence-corrected chi connectivity index (χ1v) is 15.5. The lowest BCUT2D eigenvalue weighted by atomic mass is 9.80. The summed E-state index contributed by atoms with van der Waals surface area (Å²) in [6.45, 7) is 7.47. The Bertz CT molecular complexity index is 2310. The van der Waals surface area contributed by atoms with Crippen LogP contribution in [-0.2, 0) is 11.3 Å². The fraction of sp³-hybridized carbons (Fsp3) is 0.116. The highest BCUT2D eigenvalue weighted by molar-refractivity contribution is 6.21. The molecule has 0 N–H and O–H groups in total. The molecular formula is C43H32O. The Morgan fingerprint density at radius 1 is 0.386 bits per heavy atom. The van der Waals surface area contributed by atoms with Gasteiger partial charge in [-0.25, -0.2) is 0 Å². The molecule has 0 radical (unpaired) electrons. The van der Waals surface area contributed by atoms with Crippen molar-refractivity contribution in [3.8, 4) is 66.8 Å². The standard InChI is InChI=1S/C43H32O/c1-24-25(2)40(37-21-19-35-29-13-7-5-11-27(29)31-15-9-17-33(37)42(31)35)26(3)41(39(24)23-44-4)38-22-20-36-30-14-8-6-12-28(30)32-16-10-18-34(38)43(32)36/h5-22H,23H2,1-4H3. The molecule has 2 aliphatic rings.